The Kier molecular flexibility index (Phi) is 4.34. The number of aromatic amines is 1. The van der Waals surface area contributed by atoms with Gasteiger partial charge in [0.2, 0.25) is 0 Å². The number of hydrogen-bond donors (Lipinski definition) is 1. The van der Waals surface area contributed by atoms with Crippen LogP contribution >= 0.6 is 0 Å². The van der Waals surface area contributed by atoms with Gasteiger partial charge >= 0.3 is 0 Å². The van der Waals surface area contributed by atoms with E-state index in [0.717, 1.165) is 22.5 Å². The zero-order chi connectivity index (χ0) is 12.0. The molecule has 0 aliphatic carbocycles. The molecule has 0 saturated carbocycles. The zero-order valence-electron chi connectivity index (χ0n) is 9.66. The Hall–Kier alpha value is -2.02. The molecule has 0 fully saturated rings. The maximum atomic E-state index is 3.83. The van der Waals surface area contributed by atoms with Crippen LogP contribution in [-0.4, -0.2) is 4.98 Å². The Bertz CT molecular complexity index is 456. The van der Waals surface area contributed by atoms with Gasteiger partial charge in [-0.2, -0.15) is 0 Å². The highest BCUT2D eigenvalue weighted by molar-refractivity contribution is 5.78. The Labute approximate surface area is 97.2 Å². The lowest BCUT2D eigenvalue weighted by atomic mass is 10.1. The van der Waals surface area contributed by atoms with E-state index in [2.05, 4.69) is 24.7 Å². The van der Waals surface area contributed by atoms with Crippen LogP contribution < -0.4 is 0 Å². The summed E-state index contributed by atoms with van der Waals surface area (Å²) < 4.78 is 0. The fourth-order valence-electron chi connectivity index (χ4n) is 1.60. The number of aromatic nitrogens is 1. The van der Waals surface area contributed by atoms with Crippen molar-refractivity contribution in [2.75, 3.05) is 0 Å². The second-order valence-corrected chi connectivity index (χ2v) is 3.28. The van der Waals surface area contributed by atoms with E-state index in [1.54, 1.807) is 6.08 Å². The predicted octanol–water partition coefficient (Wildman–Crippen LogP) is 4.53. The number of rotatable bonds is 5. The summed E-state index contributed by atoms with van der Waals surface area (Å²) in [7, 11) is 0. The van der Waals surface area contributed by atoms with Crippen LogP contribution in [0.1, 0.15) is 29.4 Å². The molecule has 1 heteroatoms. The standard InChI is InChI=1S/C15H17N/c1-5-9-11-15-13(8-4)12(7-3)14(16-15)10-6-2/h5-11,16H,1,3-4H2,2H3/b10-6-,11-9-. The largest absolute Gasteiger partial charge is 0.355 e. The summed E-state index contributed by atoms with van der Waals surface area (Å²) in [5.74, 6) is 0. The smallest absolute Gasteiger partial charge is 0.0464 e. The molecule has 0 amide bonds. The van der Waals surface area contributed by atoms with Gasteiger partial charge in [-0.1, -0.05) is 50.1 Å². The van der Waals surface area contributed by atoms with Gasteiger partial charge < -0.3 is 4.98 Å². The number of hydrogen-bond acceptors (Lipinski definition) is 0. The van der Waals surface area contributed by atoms with Gasteiger partial charge in [-0.25, -0.2) is 0 Å². The van der Waals surface area contributed by atoms with Crippen molar-refractivity contribution >= 4 is 24.3 Å². The van der Waals surface area contributed by atoms with Crippen LogP contribution in [0.2, 0.25) is 0 Å². The zero-order valence-corrected chi connectivity index (χ0v) is 9.66. The van der Waals surface area contributed by atoms with Gasteiger partial charge in [0.05, 0.1) is 0 Å². The SMILES string of the molecule is C=C/C=C\c1[nH]c(/C=C\C)c(C=C)c1C=C. The summed E-state index contributed by atoms with van der Waals surface area (Å²) in [6, 6.07) is 0. The van der Waals surface area contributed by atoms with E-state index in [-0.39, 0.29) is 0 Å². The molecule has 0 aliphatic rings. The van der Waals surface area contributed by atoms with Crippen LogP contribution in [0.3, 0.4) is 0 Å². The van der Waals surface area contributed by atoms with E-state index < -0.39 is 0 Å². The molecule has 1 aromatic heterocycles. The Balaban J connectivity index is 3.38. The summed E-state index contributed by atoms with van der Waals surface area (Å²) in [5.41, 5.74) is 4.23. The van der Waals surface area contributed by atoms with Crippen molar-refractivity contribution in [3.63, 3.8) is 0 Å². The highest BCUT2D eigenvalue weighted by atomic mass is 14.7. The third kappa shape index (κ3) is 2.31. The second kappa shape index (κ2) is 5.76. The van der Waals surface area contributed by atoms with Crippen LogP contribution in [0.5, 0.6) is 0 Å². The minimum atomic E-state index is 1.03. The molecule has 0 aliphatic heterocycles. The molecule has 1 heterocycles. The first-order valence-electron chi connectivity index (χ1n) is 5.21. The second-order valence-electron chi connectivity index (χ2n) is 3.28. The molecular weight excluding hydrogens is 194 g/mol. The molecule has 0 bridgehead atoms. The molecule has 82 valence electrons. The van der Waals surface area contributed by atoms with E-state index in [4.69, 9.17) is 0 Å². The lowest BCUT2D eigenvalue weighted by Crippen LogP contribution is -1.76. The van der Waals surface area contributed by atoms with Crippen molar-refractivity contribution in [3.05, 3.63) is 60.5 Å². The summed E-state index contributed by atoms with van der Waals surface area (Å²) in [6.45, 7) is 13.3. The monoisotopic (exact) mass is 211 g/mol. The molecular formula is C15H17N. The molecule has 0 aromatic carbocycles. The fraction of sp³-hybridized carbons (Fsp3) is 0.0667. The molecule has 1 aromatic rings. The number of allylic oxidation sites excluding steroid dienone is 3. The lowest BCUT2D eigenvalue weighted by molar-refractivity contribution is 1.34. The normalized spacial score (nSPS) is 11.1. The molecule has 0 unspecified atom stereocenters. The Morgan fingerprint density at radius 3 is 1.94 bits per heavy atom. The average molecular weight is 211 g/mol. The van der Waals surface area contributed by atoms with Crippen LogP contribution in [0.25, 0.3) is 24.3 Å². The summed E-state index contributed by atoms with van der Waals surface area (Å²) in [4.78, 5) is 3.32. The van der Waals surface area contributed by atoms with Crippen LogP contribution in [0.15, 0.2) is 38.0 Å². The predicted molar refractivity (Wildman–Crippen MR) is 74.9 cm³/mol. The lowest BCUT2D eigenvalue weighted by Gasteiger charge is -1.94. The third-order valence-corrected chi connectivity index (χ3v) is 2.28. The van der Waals surface area contributed by atoms with Crippen molar-refractivity contribution in [3.8, 4) is 0 Å². The molecule has 1 rings (SSSR count). The number of nitrogens with one attached hydrogen (secondary N) is 1. The summed E-state index contributed by atoms with van der Waals surface area (Å²) in [5, 5.41) is 0. The van der Waals surface area contributed by atoms with E-state index in [0.29, 0.717) is 0 Å². The van der Waals surface area contributed by atoms with Gasteiger partial charge in [0.25, 0.3) is 0 Å². The number of H-pyrrole nitrogens is 1. The quantitative estimate of drug-likeness (QED) is 0.688. The first kappa shape index (κ1) is 12.1. The molecule has 0 spiro atoms. The minimum absolute atomic E-state index is 1.03. The highest BCUT2D eigenvalue weighted by Gasteiger charge is 2.08. The average Bonchev–Trinajstić information content (AvgIpc) is 2.63. The highest BCUT2D eigenvalue weighted by Crippen LogP contribution is 2.24. The van der Waals surface area contributed by atoms with Crippen LogP contribution in [-0.2, 0) is 0 Å². The summed E-state index contributed by atoms with van der Waals surface area (Å²) in [6.07, 6.45) is 13.3. The van der Waals surface area contributed by atoms with Crippen molar-refractivity contribution < 1.29 is 0 Å². The van der Waals surface area contributed by atoms with Gasteiger partial charge in [0.15, 0.2) is 0 Å². The van der Waals surface area contributed by atoms with Gasteiger partial charge in [0, 0.05) is 22.5 Å². The van der Waals surface area contributed by atoms with E-state index in [9.17, 15) is 0 Å². The van der Waals surface area contributed by atoms with Crippen molar-refractivity contribution in [2.24, 2.45) is 0 Å². The van der Waals surface area contributed by atoms with E-state index in [1.807, 2.05) is 43.4 Å². The Morgan fingerprint density at radius 2 is 1.50 bits per heavy atom. The maximum Gasteiger partial charge on any atom is 0.0464 e. The Morgan fingerprint density at radius 1 is 0.938 bits per heavy atom. The van der Waals surface area contributed by atoms with Crippen LogP contribution in [0.4, 0.5) is 0 Å². The van der Waals surface area contributed by atoms with E-state index in [1.165, 1.54) is 0 Å². The van der Waals surface area contributed by atoms with Crippen molar-refractivity contribution in [1.29, 1.82) is 0 Å². The van der Waals surface area contributed by atoms with Gasteiger partial charge in [-0.3, -0.25) is 0 Å². The maximum absolute atomic E-state index is 3.83. The summed E-state index contributed by atoms with van der Waals surface area (Å²) >= 11 is 0. The van der Waals surface area contributed by atoms with Crippen LogP contribution in [0, 0.1) is 0 Å². The molecule has 16 heavy (non-hydrogen) atoms. The van der Waals surface area contributed by atoms with Gasteiger partial charge in [0.1, 0.15) is 0 Å². The molecule has 0 radical (unpaired) electrons. The molecule has 1 N–H and O–H groups in total. The molecule has 1 nitrogen and oxygen atoms in total. The van der Waals surface area contributed by atoms with Crippen molar-refractivity contribution in [1.82, 2.24) is 4.98 Å². The third-order valence-electron chi connectivity index (χ3n) is 2.28. The first-order valence-corrected chi connectivity index (χ1v) is 5.21. The van der Waals surface area contributed by atoms with E-state index >= 15 is 0 Å². The topological polar surface area (TPSA) is 15.8 Å². The molecule has 0 saturated heterocycles. The first-order chi connectivity index (χ1) is 7.78. The fourth-order valence-corrected chi connectivity index (χ4v) is 1.60. The minimum Gasteiger partial charge on any atom is -0.355 e. The van der Waals surface area contributed by atoms with Crippen molar-refractivity contribution in [2.45, 2.75) is 6.92 Å². The van der Waals surface area contributed by atoms with Gasteiger partial charge in [-0.15, -0.1) is 0 Å². The van der Waals surface area contributed by atoms with Gasteiger partial charge in [-0.05, 0) is 19.1 Å². The molecule has 0 atom stereocenters.